The molecule has 1 aromatic heterocycles. The van der Waals surface area contributed by atoms with Crippen molar-refractivity contribution in [3.63, 3.8) is 0 Å². The molecule has 0 saturated carbocycles. The van der Waals surface area contributed by atoms with Gasteiger partial charge in [0.05, 0.1) is 0 Å². The van der Waals surface area contributed by atoms with Gasteiger partial charge in [0, 0.05) is 6.04 Å². The number of rotatable bonds is 2. The van der Waals surface area contributed by atoms with Gasteiger partial charge in [0.25, 0.3) is 0 Å². The molecule has 0 aromatic carbocycles. The van der Waals surface area contributed by atoms with Crippen LogP contribution >= 0.6 is 11.3 Å². The van der Waals surface area contributed by atoms with Gasteiger partial charge >= 0.3 is 5.97 Å². The fourth-order valence-corrected chi connectivity index (χ4v) is 1.99. The highest BCUT2D eigenvalue weighted by atomic mass is 32.1. The van der Waals surface area contributed by atoms with E-state index < -0.39 is 5.97 Å². The molecule has 3 nitrogen and oxygen atoms in total. The van der Waals surface area contributed by atoms with Crippen molar-refractivity contribution in [2.45, 2.75) is 26.8 Å². The standard InChI is InChI=1S/C10H15NO2S/c1-10(2,3)8(11)6-4-5-14-7(6)9(12)13/h4-5,8H,11H2,1-3H3,(H,12,13)/t8-/m0/s1. The second-order valence-electron chi connectivity index (χ2n) is 4.35. The summed E-state index contributed by atoms with van der Waals surface area (Å²) >= 11 is 1.22. The summed E-state index contributed by atoms with van der Waals surface area (Å²) in [5.41, 5.74) is 6.61. The summed E-state index contributed by atoms with van der Waals surface area (Å²) in [7, 11) is 0. The summed E-state index contributed by atoms with van der Waals surface area (Å²) in [5, 5.41) is 10.7. The van der Waals surface area contributed by atoms with Crippen LogP contribution in [0.25, 0.3) is 0 Å². The van der Waals surface area contributed by atoms with Gasteiger partial charge in [-0.1, -0.05) is 20.8 Å². The van der Waals surface area contributed by atoms with Crippen molar-refractivity contribution in [2.24, 2.45) is 11.1 Å². The summed E-state index contributed by atoms with van der Waals surface area (Å²) in [6.45, 7) is 6.00. The topological polar surface area (TPSA) is 63.3 Å². The Kier molecular flexibility index (Phi) is 2.97. The molecule has 1 aromatic rings. The maximum absolute atomic E-state index is 10.9. The molecule has 0 aliphatic heterocycles. The first-order chi connectivity index (χ1) is 6.34. The highest BCUT2D eigenvalue weighted by Gasteiger charge is 2.26. The number of hydrogen-bond acceptors (Lipinski definition) is 3. The zero-order valence-corrected chi connectivity index (χ0v) is 9.39. The van der Waals surface area contributed by atoms with Crippen LogP contribution in [0.3, 0.4) is 0 Å². The van der Waals surface area contributed by atoms with Crippen molar-refractivity contribution in [3.05, 3.63) is 21.9 Å². The molecule has 0 amide bonds. The first kappa shape index (κ1) is 11.2. The Morgan fingerprint density at radius 1 is 1.57 bits per heavy atom. The fraction of sp³-hybridized carbons (Fsp3) is 0.500. The molecule has 78 valence electrons. The number of nitrogens with two attached hydrogens (primary N) is 1. The van der Waals surface area contributed by atoms with Crippen molar-refractivity contribution in [2.75, 3.05) is 0 Å². The minimum atomic E-state index is -0.894. The minimum Gasteiger partial charge on any atom is -0.477 e. The van der Waals surface area contributed by atoms with E-state index in [2.05, 4.69) is 0 Å². The van der Waals surface area contributed by atoms with E-state index in [0.717, 1.165) is 5.56 Å². The molecule has 0 unspecified atom stereocenters. The third-order valence-electron chi connectivity index (χ3n) is 2.16. The Labute approximate surface area is 87.6 Å². The largest absolute Gasteiger partial charge is 0.477 e. The van der Waals surface area contributed by atoms with Crippen LogP contribution in [0, 0.1) is 5.41 Å². The maximum Gasteiger partial charge on any atom is 0.346 e. The lowest BCUT2D eigenvalue weighted by molar-refractivity contribution is 0.0700. The number of hydrogen-bond donors (Lipinski definition) is 2. The molecule has 1 heterocycles. The van der Waals surface area contributed by atoms with Crippen molar-refractivity contribution in [1.29, 1.82) is 0 Å². The van der Waals surface area contributed by atoms with Crippen molar-refractivity contribution < 1.29 is 9.90 Å². The molecule has 14 heavy (non-hydrogen) atoms. The molecule has 0 bridgehead atoms. The van der Waals surface area contributed by atoms with Gasteiger partial charge < -0.3 is 10.8 Å². The molecule has 0 spiro atoms. The summed E-state index contributed by atoms with van der Waals surface area (Å²) in [6.07, 6.45) is 0. The number of carboxylic acid groups (broad SMARTS) is 1. The van der Waals surface area contributed by atoms with Gasteiger partial charge in [-0.05, 0) is 22.4 Å². The average molecular weight is 213 g/mol. The zero-order chi connectivity index (χ0) is 10.9. The Hall–Kier alpha value is -0.870. The average Bonchev–Trinajstić information content (AvgIpc) is 2.48. The van der Waals surface area contributed by atoms with Crippen LogP contribution in [-0.4, -0.2) is 11.1 Å². The first-order valence-corrected chi connectivity index (χ1v) is 5.28. The molecule has 4 heteroatoms. The van der Waals surface area contributed by atoms with Crippen LogP contribution in [0.15, 0.2) is 11.4 Å². The molecule has 0 fully saturated rings. The number of carboxylic acids is 1. The van der Waals surface area contributed by atoms with Gasteiger partial charge in [-0.25, -0.2) is 4.79 Å². The van der Waals surface area contributed by atoms with Crippen molar-refractivity contribution in [3.8, 4) is 0 Å². The normalized spacial score (nSPS) is 14.0. The van der Waals surface area contributed by atoms with Crippen LogP contribution in [0.5, 0.6) is 0 Å². The predicted octanol–water partition coefficient (Wildman–Crippen LogP) is 2.49. The Balaban J connectivity index is 3.07. The third-order valence-corrected chi connectivity index (χ3v) is 3.08. The summed E-state index contributed by atoms with van der Waals surface area (Å²) in [6, 6.07) is 1.56. The SMILES string of the molecule is CC(C)(C)[C@@H](N)c1ccsc1C(=O)O. The molecule has 0 aliphatic carbocycles. The van der Waals surface area contributed by atoms with E-state index in [0.29, 0.717) is 4.88 Å². The van der Waals surface area contributed by atoms with Crippen molar-refractivity contribution >= 4 is 17.3 Å². The lowest BCUT2D eigenvalue weighted by atomic mass is 9.83. The van der Waals surface area contributed by atoms with Gasteiger partial charge in [0.15, 0.2) is 0 Å². The summed E-state index contributed by atoms with van der Waals surface area (Å²) < 4.78 is 0. The van der Waals surface area contributed by atoms with E-state index in [1.165, 1.54) is 11.3 Å². The smallest absolute Gasteiger partial charge is 0.346 e. The quantitative estimate of drug-likeness (QED) is 0.793. The molecular weight excluding hydrogens is 198 g/mol. The van der Waals surface area contributed by atoms with Gasteiger partial charge in [-0.2, -0.15) is 0 Å². The molecule has 3 N–H and O–H groups in total. The van der Waals surface area contributed by atoms with E-state index in [-0.39, 0.29) is 11.5 Å². The van der Waals surface area contributed by atoms with E-state index in [4.69, 9.17) is 10.8 Å². The maximum atomic E-state index is 10.9. The second kappa shape index (κ2) is 3.71. The van der Waals surface area contributed by atoms with Gasteiger partial charge in [-0.15, -0.1) is 11.3 Å². The number of thiophene rings is 1. The molecule has 0 saturated heterocycles. The highest BCUT2D eigenvalue weighted by Crippen LogP contribution is 2.34. The van der Waals surface area contributed by atoms with Crippen LogP contribution in [-0.2, 0) is 0 Å². The zero-order valence-electron chi connectivity index (χ0n) is 8.57. The van der Waals surface area contributed by atoms with Gasteiger partial charge in [-0.3, -0.25) is 0 Å². The molecule has 1 atom stereocenters. The highest BCUT2D eigenvalue weighted by molar-refractivity contribution is 7.12. The summed E-state index contributed by atoms with van der Waals surface area (Å²) in [5.74, 6) is -0.894. The predicted molar refractivity (Wildman–Crippen MR) is 57.7 cm³/mol. The summed E-state index contributed by atoms with van der Waals surface area (Å²) in [4.78, 5) is 11.2. The molecule has 0 aliphatic rings. The number of carbonyl (C=O) groups is 1. The number of aromatic carboxylic acids is 1. The Morgan fingerprint density at radius 2 is 2.14 bits per heavy atom. The lowest BCUT2D eigenvalue weighted by Gasteiger charge is -2.26. The van der Waals surface area contributed by atoms with Crippen LogP contribution in [0.1, 0.15) is 42.0 Å². The van der Waals surface area contributed by atoms with Crippen LogP contribution in [0.2, 0.25) is 0 Å². The van der Waals surface area contributed by atoms with E-state index in [9.17, 15) is 4.79 Å². The first-order valence-electron chi connectivity index (χ1n) is 4.40. The van der Waals surface area contributed by atoms with E-state index >= 15 is 0 Å². The molecule has 1 rings (SSSR count). The Morgan fingerprint density at radius 3 is 2.57 bits per heavy atom. The molecule has 0 radical (unpaired) electrons. The van der Waals surface area contributed by atoms with E-state index in [1.54, 1.807) is 11.4 Å². The fourth-order valence-electron chi connectivity index (χ4n) is 1.20. The molecular formula is C10H15NO2S. The van der Waals surface area contributed by atoms with E-state index in [1.807, 2.05) is 20.8 Å². The van der Waals surface area contributed by atoms with Crippen molar-refractivity contribution in [1.82, 2.24) is 0 Å². The minimum absolute atomic E-state index is 0.120. The lowest BCUT2D eigenvalue weighted by Crippen LogP contribution is -2.27. The third kappa shape index (κ3) is 2.13. The monoisotopic (exact) mass is 213 g/mol. The second-order valence-corrected chi connectivity index (χ2v) is 5.27. The van der Waals surface area contributed by atoms with Gasteiger partial charge in [0.2, 0.25) is 0 Å². The van der Waals surface area contributed by atoms with Crippen LogP contribution < -0.4 is 5.73 Å². The Bertz CT molecular complexity index is 338. The van der Waals surface area contributed by atoms with Crippen LogP contribution in [0.4, 0.5) is 0 Å². The van der Waals surface area contributed by atoms with Gasteiger partial charge in [0.1, 0.15) is 4.88 Å².